The van der Waals surface area contributed by atoms with Gasteiger partial charge in [-0.05, 0) is 36.8 Å². The maximum atomic E-state index is 12.3. The van der Waals surface area contributed by atoms with E-state index in [1.807, 2.05) is 31.2 Å². The van der Waals surface area contributed by atoms with Crippen LogP contribution in [-0.4, -0.2) is 34.6 Å². The van der Waals surface area contributed by atoms with Crippen molar-refractivity contribution in [3.8, 4) is 5.75 Å². The molecule has 0 spiro atoms. The van der Waals surface area contributed by atoms with Crippen molar-refractivity contribution >= 4 is 16.0 Å². The van der Waals surface area contributed by atoms with E-state index >= 15 is 0 Å². The Balaban J connectivity index is 1.96. The summed E-state index contributed by atoms with van der Waals surface area (Å²) in [5, 5.41) is 0. The van der Waals surface area contributed by atoms with Crippen molar-refractivity contribution < 1.29 is 22.7 Å². The van der Waals surface area contributed by atoms with E-state index in [0.29, 0.717) is 5.75 Å². The second-order valence-corrected chi connectivity index (χ2v) is 6.80. The van der Waals surface area contributed by atoms with E-state index in [0.717, 1.165) is 5.56 Å². The first kappa shape index (κ1) is 18.0. The maximum Gasteiger partial charge on any atom is 0.337 e. The summed E-state index contributed by atoms with van der Waals surface area (Å²) < 4.78 is 37.1. The summed E-state index contributed by atoms with van der Waals surface area (Å²) in [6, 6.07) is 13.2. The summed E-state index contributed by atoms with van der Waals surface area (Å²) in [6.45, 7) is 2.22. The molecule has 0 aliphatic carbocycles. The number of rotatable bonds is 7. The van der Waals surface area contributed by atoms with Crippen LogP contribution in [-0.2, 0) is 14.8 Å². The third-order valence-electron chi connectivity index (χ3n) is 3.31. The van der Waals surface area contributed by atoms with E-state index in [1.165, 1.54) is 31.4 Å². The summed E-state index contributed by atoms with van der Waals surface area (Å²) in [5.41, 5.74) is 1.16. The highest BCUT2D eigenvalue weighted by atomic mass is 32.2. The van der Waals surface area contributed by atoms with Gasteiger partial charge in [0.05, 0.1) is 17.6 Å². The number of methoxy groups -OCH3 is 1. The molecule has 0 amide bonds. The van der Waals surface area contributed by atoms with E-state index in [4.69, 9.17) is 4.74 Å². The van der Waals surface area contributed by atoms with Gasteiger partial charge in [0.1, 0.15) is 12.4 Å². The summed E-state index contributed by atoms with van der Waals surface area (Å²) in [6.07, 6.45) is 0. The molecule has 0 unspecified atom stereocenters. The molecule has 0 radical (unpaired) electrons. The number of sulfonamides is 1. The Labute approximate surface area is 141 Å². The third kappa shape index (κ3) is 4.56. The fourth-order valence-electron chi connectivity index (χ4n) is 2.05. The standard InChI is InChI=1S/C17H19NO5S/c1-13-6-3-4-9-16(13)23-11-10-18-24(20,21)15-8-5-7-14(12-15)17(19)22-2/h3-9,12,18H,10-11H2,1-2H3. The van der Waals surface area contributed by atoms with Crippen LogP contribution in [0.5, 0.6) is 5.75 Å². The highest BCUT2D eigenvalue weighted by molar-refractivity contribution is 7.89. The lowest BCUT2D eigenvalue weighted by Crippen LogP contribution is -2.28. The number of benzene rings is 2. The predicted octanol–water partition coefficient (Wildman–Crippen LogP) is 2.14. The smallest absolute Gasteiger partial charge is 0.337 e. The van der Waals surface area contributed by atoms with Gasteiger partial charge in [0.25, 0.3) is 0 Å². The summed E-state index contributed by atoms with van der Waals surface area (Å²) in [4.78, 5) is 11.5. The van der Waals surface area contributed by atoms with Gasteiger partial charge in [0, 0.05) is 6.54 Å². The molecule has 24 heavy (non-hydrogen) atoms. The lowest BCUT2D eigenvalue weighted by molar-refractivity contribution is 0.0600. The Morgan fingerprint density at radius 1 is 1.12 bits per heavy atom. The summed E-state index contributed by atoms with van der Waals surface area (Å²) in [5.74, 6) is 0.124. The molecule has 6 nitrogen and oxygen atoms in total. The number of ether oxygens (including phenoxy) is 2. The Bertz CT molecular complexity index is 817. The fraction of sp³-hybridized carbons (Fsp3) is 0.235. The zero-order valence-corrected chi connectivity index (χ0v) is 14.3. The first-order chi connectivity index (χ1) is 11.4. The van der Waals surface area contributed by atoms with Crippen molar-refractivity contribution in [2.45, 2.75) is 11.8 Å². The molecule has 0 saturated heterocycles. The zero-order chi connectivity index (χ0) is 17.6. The Hall–Kier alpha value is -2.38. The highest BCUT2D eigenvalue weighted by Gasteiger charge is 2.16. The van der Waals surface area contributed by atoms with Gasteiger partial charge in [-0.25, -0.2) is 17.9 Å². The number of hydrogen-bond donors (Lipinski definition) is 1. The Morgan fingerprint density at radius 3 is 2.58 bits per heavy atom. The SMILES string of the molecule is COC(=O)c1cccc(S(=O)(=O)NCCOc2ccccc2C)c1. The van der Waals surface area contributed by atoms with Crippen molar-refractivity contribution in [2.24, 2.45) is 0 Å². The second-order valence-electron chi connectivity index (χ2n) is 5.03. The first-order valence-corrected chi connectivity index (χ1v) is 8.79. The molecule has 0 aliphatic heterocycles. The van der Waals surface area contributed by atoms with Crippen molar-refractivity contribution in [1.29, 1.82) is 0 Å². The van der Waals surface area contributed by atoms with Gasteiger partial charge in [0.2, 0.25) is 10.0 Å². The number of carbonyl (C=O) groups excluding carboxylic acids is 1. The molecule has 0 fully saturated rings. The van der Waals surface area contributed by atoms with E-state index < -0.39 is 16.0 Å². The molecule has 0 atom stereocenters. The number of hydrogen-bond acceptors (Lipinski definition) is 5. The van der Waals surface area contributed by atoms with Crippen LogP contribution >= 0.6 is 0 Å². The van der Waals surface area contributed by atoms with Gasteiger partial charge >= 0.3 is 5.97 Å². The van der Waals surface area contributed by atoms with Gasteiger partial charge < -0.3 is 9.47 Å². The van der Waals surface area contributed by atoms with E-state index in [9.17, 15) is 13.2 Å². The van der Waals surface area contributed by atoms with Crippen molar-refractivity contribution in [3.63, 3.8) is 0 Å². The van der Waals surface area contributed by atoms with Crippen LogP contribution in [0.2, 0.25) is 0 Å². The van der Waals surface area contributed by atoms with Crippen molar-refractivity contribution in [1.82, 2.24) is 4.72 Å². The minimum Gasteiger partial charge on any atom is -0.492 e. The fourth-order valence-corrected chi connectivity index (χ4v) is 3.11. The first-order valence-electron chi connectivity index (χ1n) is 7.30. The molecule has 2 aromatic carbocycles. The van der Waals surface area contributed by atoms with Gasteiger partial charge in [-0.3, -0.25) is 0 Å². The zero-order valence-electron chi connectivity index (χ0n) is 13.5. The van der Waals surface area contributed by atoms with Crippen LogP contribution in [0.1, 0.15) is 15.9 Å². The van der Waals surface area contributed by atoms with Gasteiger partial charge in [-0.15, -0.1) is 0 Å². The van der Waals surface area contributed by atoms with E-state index in [1.54, 1.807) is 0 Å². The number of nitrogens with one attached hydrogen (secondary N) is 1. The Morgan fingerprint density at radius 2 is 1.88 bits per heavy atom. The number of esters is 1. The lowest BCUT2D eigenvalue weighted by atomic mass is 10.2. The molecule has 0 saturated carbocycles. The monoisotopic (exact) mass is 349 g/mol. The lowest BCUT2D eigenvalue weighted by Gasteiger charge is -2.10. The molecule has 0 bridgehead atoms. The minimum atomic E-state index is -3.73. The molecule has 1 N–H and O–H groups in total. The van der Waals surface area contributed by atoms with Crippen LogP contribution in [0.25, 0.3) is 0 Å². The topological polar surface area (TPSA) is 81.7 Å². The minimum absolute atomic E-state index is 0.00120. The van der Waals surface area contributed by atoms with Gasteiger partial charge in [-0.2, -0.15) is 0 Å². The largest absolute Gasteiger partial charge is 0.492 e. The average molecular weight is 349 g/mol. The normalized spacial score (nSPS) is 11.1. The molecule has 2 aromatic rings. The molecular formula is C17H19NO5S. The van der Waals surface area contributed by atoms with Crippen LogP contribution in [0.3, 0.4) is 0 Å². The number of carbonyl (C=O) groups is 1. The van der Waals surface area contributed by atoms with Crippen LogP contribution in [0.15, 0.2) is 53.4 Å². The molecular weight excluding hydrogens is 330 g/mol. The highest BCUT2D eigenvalue weighted by Crippen LogP contribution is 2.16. The summed E-state index contributed by atoms with van der Waals surface area (Å²) >= 11 is 0. The molecule has 0 aliphatic rings. The average Bonchev–Trinajstić information content (AvgIpc) is 2.59. The maximum absolute atomic E-state index is 12.3. The molecule has 0 heterocycles. The van der Waals surface area contributed by atoms with Gasteiger partial charge in [-0.1, -0.05) is 24.3 Å². The number of para-hydroxylation sites is 1. The quantitative estimate of drug-likeness (QED) is 0.612. The van der Waals surface area contributed by atoms with Gasteiger partial charge in [0.15, 0.2) is 0 Å². The van der Waals surface area contributed by atoms with E-state index in [2.05, 4.69) is 9.46 Å². The second kappa shape index (κ2) is 7.94. The predicted molar refractivity (Wildman–Crippen MR) is 89.6 cm³/mol. The molecule has 128 valence electrons. The molecule has 0 aromatic heterocycles. The van der Waals surface area contributed by atoms with E-state index in [-0.39, 0.29) is 23.6 Å². The van der Waals surface area contributed by atoms with Crippen LogP contribution in [0, 0.1) is 6.92 Å². The van der Waals surface area contributed by atoms with Crippen LogP contribution < -0.4 is 9.46 Å². The molecule has 2 rings (SSSR count). The Kier molecular flexibility index (Phi) is 5.94. The number of aryl methyl sites for hydroxylation is 1. The molecule has 7 heteroatoms. The third-order valence-corrected chi connectivity index (χ3v) is 4.77. The summed E-state index contributed by atoms with van der Waals surface area (Å²) in [7, 11) is -2.49. The van der Waals surface area contributed by atoms with Crippen LogP contribution in [0.4, 0.5) is 0 Å². The van der Waals surface area contributed by atoms with Crippen molar-refractivity contribution in [2.75, 3.05) is 20.3 Å². The van der Waals surface area contributed by atoms with Crippen molar-refractivity contribution in [3.05, 3.63) is 59.7 Å².